The number of anilines is 1. The molecule has 0 radical (unpaired) electrons. The van der Waals surface area contributed by atoms with Gasteiger partial charge in [0.15, 0.2) is 0 Å². The van der Waals surface area contributed by atoms with Crippen LogP contribution in [0.5, 0.6) is 5.88 Å². The van der Waals surface area contributed by atoms with Crippen LogP contribution in [-0.2, 0) is 6.42 Å². The number of ether oxygens (including phenoxy) is 1. The highest BCUT2D eigenvalue weighted by molar-refractivity contribution is 7.11. The van der Waals surface area contributed by atoms with Crippen LogP contribution in [0.25, 0.3) is 0 Å². The van der Waals surface area contributed by atoms with Crippen LogP contribution in [0.2, 0.25) is 0 Å². The maximum atomic E-state index is 5.41. The molecule has 1 unspecified atom stereocenters. The predicted molar refractivity (Wildman–Crippen MR) is 79.4 cm³/mol. The van der Waals surface area contributed by atoms with Crippen molar-refractivity contribution >= 4 is 17.3 Å². The van der Waals surface area contributed by atoms with Crippen LogP contribution >= 0.6 is 11.3 Å². The number of thiazole rings is 1. The highest BCUT2D eigenvalue weighted by Crippen LogP contribution is 2.35. The van der Waals surface area contributed by atoms with Gasteiger partial charge in [-0.2, -0.15) is 4.98 Å². The predicted octanol–water partition coefficient (Wildman–Crippen LogP) is 3.13. The summed E-state index contributed by atoms with van der Waals surface area (Å²) in [5.41, 5.74) is 1.23. The summed E-state index contributed by atoms with van der Waals surface area (Å²) in [5, 5.41) is 4.55. The molecule has 106 valence electrons. The molecule has 0 spiro atoms. The molecule has 2 heterocycles. The van der Waals surface area contributed by atoms with Gasteiger partial charge in [0.05, 0.1) is 28.2 Å². The van der Waals surface area contributed by atoms with Crippen molar-refractivity contribution in [3.8, 4) is 5.88 Å². The molecule has 20 heavy (non-hydrogen) atoms. The second-order valence-electron chi connectivity index (χ2n) is 4.78. The summed E-state index contributed by atoms with van der Waals surface area (Å²) in [6.45, 7) is 4.62. The minimum Gasteiger partial charge on any atom is -0.478 e. The highest BCUT2D eigenvalue weighted by atomic mass is 32.1. The largest absolute Gasteiger partial charge is 0.478 e. The van der Waals surface area contributed by atoms with Crippen molar-refractivity contribution in [3.63, 3.8) is 0 Å². The van der Waals surface area contributed by atoms with E-state index in [1.54, 1.807) is 23.6 Å². The molecular formula is C14H18N4OS. The number of aromatic nitrogens is 3. The number of nitrogens with one attached hydrogen (secondary N) is 1. The van der Waals surface area contributed by atoms with Crippen LogP contribution in [0.3, 0.4) is 0 Å². The minimum absolute atomic E-state index is 0.266. The molecule has 6 heteroatoms. The second kappa shape index (κ2) is 5.75. The number of nitrogens with zero attached hydrogens (tertiary/aromatic N) is 3. The van der Waals surface area contributed by atoms with E-state index >= 15 is 0 Å². The summed E-state index contributed by atoms with van der Waals surface area (Å²) >= 11 is 1.77. The molecule has 1 aliphatic rings. The molecule has 0 aliphatic heterocycles. The smallest absolute Gasteiger partial charge is 0.226 e. The zero-order valence-electron chi connectivity index (χ0n) is 11.7. The summed E-state index contributed by atoms with van der Waals surface area (Å²) < 4.78 is 5.41. The van der Waals surface area contributed by atoms with Gasteiger partial charge in [0.2, 0.25) is 11.8 Å². The molecule has 1 aliphatic carbocycles. The third-order valence-electron chi connectivity index (χ3n) is 3.28. The summed E-state index contributed by atoms with van der Waals surface area (Å²) in [6.07, 6.45) is 5.05. The fraction of sp³-hybridized carbons (Fsp3) is 0.500. The zero-order valence-corrected chi connectivity index (χ0v) is 12.5. The van der Waals surface area contributed by atoms with Gasteiger partial charge >= 0.3 is 0 Å². The fourth-order valence-electron chi connectivity index (χ4n) is 2.48. The lowest BCUT2D eigenvalue weighted by atomic mass is 9.98. The second-order valence-corrected chi connectivity index (χ2v) is 6.02. The third-order valence-corrected chi connectivity index (χ3v) is 4.41. The Bertz CT molecular complexity index is 599. The fourth-order valence-corrected chi connectivity index (χ4v) is 3.53. The number of hydrogen-bond acceptors (Lipinski definition) is 6. The van der Waals surface area contributed by atoms with E-state index in [-0.39, 0.29) is 6.04 Å². The molecule has 0 saturated heterocycles. The Labute approximate surface area is 122 Å². The quantitative estimate of drug-likeness (QED) is 0.937. The number of aryl methyl sites for hydroxylation is 2. The van der Waals surface area contributed by atoms with Crippen LogP contribution in [-0.4, -0.2) is 21.6 Å². The van der Waals surface area contributed by atoms with Crippen LogP contribution in [0.4, 0.5) is 5.95 Å². The van der Waals surface area contributed by atoms with E-state index in [2.05, 4.69) is 27.2 Å². The Morgan fingerprint density at radius 3 is 3.20 bits per heavy atom. The summed E-state index contributed by atoms with van der Waals surface area (Å²) in [5.74, 6) is 1.24. The van der Waals surface area contributed by atoms with Crippen LogP contribution in [0.1, 0.15) is 41.4 Å². The maximum absolute atomic E-state index is 5.41. The molecule has 0 amide bonds. The average Bonchev–Trinajstić information content (AvgIpc) is 2.81. The molecule has 0 saturated carbocycles. The first-order valence-corrected chi connectivity index (χ1v) is 7.76. The van der Waals surface area contributed by atoms with Crippen molar-refractivity contribution in [2.75, 3.05) is 11.9 Å². The van der Waals surface area contributed by atoms with Gasteiger partial charge in [-0.3, -0.25) is 0 Å². The van der Waals surface area contributed by atoms with Gasteiger partial charge in [-0.25, -0.2) is 9.97 Å². The van der Waals surface area contributed by atoms with Gasteiger partial charge in [-0.1, -0.05) is 0 Å². The lowest BCUT2D eigenvalue weighted by Gasteiger charge is -2.22. The van der Waals surface area contributed by atoms with Crippen molar-refractivity contribution in [2.24, 2.45) is 0 Å². The van der Waals surface area contributed by atoms with E-state index in [1.165, 1.54) is 10.6 Å². The van der Waals surface area contributed by atoms with Crippen molar-refractivity contribution < 1.29 is 4.74 Å². The molecule has 0 bridgehead atoms. The van der Waals surface area contributed by atoms with Gasteiger partial charge < -0.3 is 10.1 Å². The Morgan fingerprint density at radius 2 is 2.35 bits per heavy atom. The molecule has 5 nitrogen and oxygen atoms in total. The Kier molecular flexibility index (Phi) is 3.82. The van der Waals surface area contributed by atoms with E-state index in [9.17, 15) is 0 Å². The van der Waals surface area contributed by atoms with Crippen molar-refractivity contribution in [2.45, 2.75) is 39.2 Å². The molecule has 0 aromatic carbocycles. The van der Waals surface area contributed by atoms with Crippen LogP contribution in [0, 0.1) is 6.92 Å². The minimum atomic E-state index is 0.266. The number of fused-ring (bicyclic) bond motifs is 1. The van der Waals surface area contributed by atoms with Crippen LogP contribution < -0.4 is 10.1 Å². The van der Waals surface area contributed by atoms with Gasteiger partial charge in [0.25, 0.3) is 0 Å². The molecule has 3 rings (SSSR count). The van der Waals surface area contributed by atoms with E-state index in [4.69, 9.17) is 4.74 Å². The van der Waals surface area contributed by atoms with E-state index in [0.29, 0.717) is 18.4 Å². The summed E-state index contributed by atoms with van der Waals surface area (Å²) in [6, 6.07) is 2.04. The molecule has 1 N–H and O–H groups in total. The van der Waals surface area contributed by atoms with Crippen molar-refractivity contribution in [1.29, 1.82) is 0 Å². The van der Waals surface area contributed by atoms with E-state index in [1.807, 2.05) is 6.92 Å². The Balaban J connectivity index is 1.80. The van der Waals surface area contributed by atoms with E-state index in [0.717, 1.165) is 24.3 Å². The lowest BCUT2D eigenvalue weighted by molar-refractivity contribution is 0.326. The summed E-state index contributed by atoms with van der Waals surface area (Å²) in [4.78, 5) is 14.6. The van der Waals surface area contributed by atoms with Crippen molar-refractivity contribution in [1.82, 2.24) is 15.0 Å². The first-order chi connectivity index (χ1) is 9.76. The Hall–Kier alpha value is -1.69. The first-order valence-electron chi connectivity index (χ1n) is 6.95. The average molecular weight is 290 g/mol. The van der Waals surface area contributed by atoms with Gasteiger partial charge in [-0.05, 0) is 33.1 Å². The topological polar surface area (TPSA) is 59.9 Å². The SMILES string of the molecule is CCOc1ccnc(NC2CCCc3nc(C)sc32)n1. The van der Waals surface area contributed by atoms with Gasteiger partial charge in [-0.15, -0.1) is 11.3 Å². The number of rotatable bonds is 4. The molecule has 1 atom stereocenters. The third kappa shape index (κ3) is 2.75. The van der Waals surface area contributed by atoms with Gasteiger partial charge in [0.1, 0.15) is 0 Å². The van der Waals surface area contributed by atoms with Gasteiger partial charge in [0, 0.05) is 12.3 Å². The number of hydrogen-bond donors (Lipinski definition) is 1. The molecule has 2 aromatic heterocycles. The van der Waals surface area contributed by atoms with Crippen LogP contribution in [0.15, 0.2) is 12.3 Å². The maximum Gasteiger partial charge on any atom is 0.226 e. The molecule has 0 fully saturated rings. The highest BCUT2D eigenvalue weighted by Gasteiger charge is 2.24. The Morgan fingerprint density at radius 1 is 1.45 bits per heavy atom. The zero-order chi connectivity index (χ0) is 13.9. The lowest BCUT2D eigenvalue weighted by Crippen LogP contribution is -2.17. The first kappa shape index (κ1) is 13.3. The molecular weight excluding hydrogens is 272 g/mol. The van der Waals surface area contributed by atoms with E-state index < -0.39 is 0 Å². The van der Waals surface area contributed by atoms with Crippen molar-refractivity contribution in [3.05, 3.63) is 27.8 Å². The normalized spacial score (nSPS) is 17.6. The standard InChI is InChI=1S/C14H18N4OS/c1-3-19-12-7-8-15-14(18-12)17-11-6-4-5-10-13(11)20-9(2)16-10/h7-8,11H,3-6H2,1-2H3,(H,15,17,18). The molecule has 2 aromatic rings. The monoisotopic (exact) mass is 290 g/mol. The summed E-state index contributed by atoms with van der Waals surface area (Å²) in [7, 11) is 0.